The van der Waals surface area contributed by atoms with Crippen molar-refractivity contribution in [3.05, 3.63) is 11.6 Å². The number of hydrogen-bond donors (Lipinski definition) is 2. The van der Waals surface area contributed by atoms with Gasteiger partial charge in [-0.05, 0) is 80.6 Å². The topological polar surface area (TPSA) is 109 Å². The summed E-state index contributed by atoms with van der Waals surface area (Å²) in [5.74, 6) is 3.45. The van der Waals surface area contributed by atoms with Crippen molar-refractivity contribution < 1.29 is 29.4 Å². The Labute approximate surface area is 219 Å². The van der Waals surface area contributed by atoms with Gasteiger partial charge in [0, 0.05) is 18.4 Å². The number of β-amino-alcohol motifs (C(OH)–C–C–N with tert-alkyl or cyclic N) is 1. The third-order valence-electron chi connectivity index (χ3n) is 10.8. The number of rotatable bonds is 4. The predicted octanol–water partition coefficient (Wildman–Crippen LogP) is 2.82. The van der Waals surface area contributed by atoms with E-state index in [9.17, 15) is 19.8 Å². The lowest BCUT2D eigenvalue weighted by Gasteiger charge is -2.58. The van der Waals surface area contributed by atoms with E-state index in [1.165, 1.54) is 17.6 Å². The second-order valence-electron chi connectivity index (χ2n) is 12.3. The fourth-order valence-corrected chi connectivity index (χ4v) is 8.60. The highest BCUT2D eigenvalue weighted by Crippen LogP contribution is 2.67. The molecule has 8 nitrogen and oxygen atoms in total. The van der Waals surface area contributed by atoms with Crippen molar-refractivity contribution in [2.24, 2.45) is 33.7 Å². The third-order valence-corrected chi connectivity index (χ3v) is 10.8. The maximum atomic E-state index is 12.7. The number of nitrogens with zero attached hydrogens (tertiary/aromatic N) is 2. The number of ether oxygens (including phenoxy) is 1. The minimum Gasteiger partial charge on any atom is -0.467 e. The van der Waals surface area contributed by atoms with Crippen LogP contribution in [-0.4, -0.2) is 70.7 Å². The number of carbonyl (C=O) groups excluding carboxylic acids is 2. The zero-order valence-corrected chi connectivity index (χ0v) is 22.2. The number of esters is 1. The van der Waals surface area contributed by atoms with Crippen LogP contribution in [0.15, 0.2) is 16.8 Å². The average Bonchev–Trinajstić information content (AvgIpc) is 3.41. The number of amides is 1. The van der Waals surface area contributed by atoms with Crippen LogP contribution in [0.1, 0.15) is 71.6 Å². The summed E-state index contributed by atoms with van der Waals surface area (Å²) in [6.07, 6.45) is 15.0. The molecule has 5 aliphatic rings. The molecule has 8 heteroatoms. The fourth-order valence-electron chi connectivity index (χ4n) is 8.60. The first-order chi connectivity index (χ1) is 17.6. The first-order valence-electron chi connectivity index (χ1n) is 13.7. The van der Waals surface area contributed by atoms with Crippen LogP contribution in [-0.2, 0) is 19.2 Å². The van der Waals surface area contributed by atoms with Crippen molar-refractivity contribution in [3.63, 3.8) is 0 Å². The van der Waals surface area contributed by atoms with Gasteiger partial charge in [0.05, 0.1) is 18.9 Å². The minimum absolute atomic E-state index is 0.0856. The second-order valence-corrected chi connectivity index (χ2v) is 12.3. The Hall–Kier alpha value is -2.37. The standard InChI is InChI=1S/C29H40N2O6/c1-5-29(35)13-10-23-21-7-6-18-14-19(8-11-27(18,2)22(21)9-12-28(23,29)3)30-37-17-25(33)31-16-20(32)15-24(31)26(34)36-4/h1,14,20-24,32,35H,6-13,15-17H2,2-4H3/b30-19+/t20-,21-,22+,23+,24-,27+,28+,29-/m1/s1. The molecule has 0 aromatic rings. The van der Waals surface area contributed by atoms with Crippen LogP contribution in [0.4, 0.5) is 0 Å². The summed E-state index contributed by atoms with van der Waals surface area (Å²) in [5.41, 5.74) is 1.18. The van der Waals surface area contributed by atoms with Crippen LogP contribution in [0.5, 0.6) is 0 Å². The molecule has 1 saturated heterocycles. The van der Waals surface area contributed by atoms with E-state index < -0.39 is 23.7 Å². The number of hydrogen-bond acceptors (Lipinski definition) is 7. The maximum Gasteiger partial charge on any atom is 0.328 e. The van der Waals surface area contributed by atoms with E-state index in [0.29, 0.717) is 24.2 Å². The molecule has 0 spiro atoms. The number of terminal acetylenes is 1. The summed E-state index contributed by atoms with van der Waals surface area (Å²) in [5, 5.41) is 25.4. The van der Waals surface area contributed by atoms with Gasteiger partial charge in [0.2, 0.25) is 0 Å². The normalized spacial score (nSPS) is 43.8. The van der Waals surface area contributed by atoms with E-state index >= 15 is 0 Å². The van der Waals surface area contributed by atoms with Crippen molar-refractivity contribution in [1.29, 1.82) is 0 Å². The largest absolute Gasteiger partial charge is 0.467 e. The number of likely N-dealkylation sites (tertiary alicyclic amines) is 1. The van der Waals surface area contributed by atoms with Gasteiger partial charge in [-0.15, -0.1) is 6.42 Å². The van der Waals surface area contributed by atoms with Crippen LogP contribution < -0.4 is 0 Å². The van der Waals surface area contributed by atoms with Gasteiger partial charge in [0.1, 0.15) is 11.6 Å². The second kappa shape index (κ2) is 9.43. The quantitative estimate of drug-likeness (QED) is 0.341. The number of aliphatic hydroxyl groups is 2. The maximum absolute atomic E-state index is 12.7. The van der Waals surface area contributed by atoms with E-state index in [4.69, 9.17) is 16.0 Å². The summed E-state index contributed by atoms with van der Waals surface area (Å²) < 4.78 is 4.76. The van der Waals surface area contributed by atoms with Gasteiger partial charge < -0.3 is 24.7 Å². The fraction of sp³-hybridized carbons (Fsp3) is 0.759. The molecule has 1 heterocycles. The first-order valence-corrected chi connectivity index (χ1v) is 13.7. The van der Waals surface area contributed by atoms with E-state index in [0.717, 1.165) is 50.7 Å². The number of oxime groups is 1. The molecular formula is C29H40N2O6. The van der Waals surface area contributed by atoms with Crippen molar-refractivity contribution >= 4 is 17.6 Å². The Kier molecular flexibility index (Phi) is 6.69. The van der Waals surface area contributed by atoms with Crippen molar-refractivity contribution in [3.8, 4) is 12.3 Å². The summed E-state index contributed by atoms with van der Waals surface area (Å²) in [6.45, 7) is 4.41. The highest BCUT2D eigenvalue weighted by molar-refractivity contribution is 5.96. The van der Waals surface area contributed by atoms with Crippen LogP contribution in [0.3, 0.4) is 0 Å². The van der Waals surface area contributed by atoms with Gasteiger partial charge in [-0.2, -0.15) is 0 Å². The van der Waals surface area contributed by atoms with E-state index in [1.54, 1.807) is 0 Å². The molecule has 202 valence electrons. The zero-order valence-electron chi connectivity index (χ0n) is 22.2. The molecule has 5 rings (SSSR count). The Morgan fingerprint density at radius 3 is 2.68 bits per heavy atom. The number of carbonyl (C=O) groups is 2. The summed E-state index contributed by atoms with van der Waals surface area (Å²) in [7, 11) is 1.27. The molecule has 0 bridgehead atoms. The summed E-state index contributed by atoms with van der Waals surface area (Å²) >= 11 is 0. The average molecular weight is 513 g/mol. The molecule has 2 N–H and O–H groups in total. The molecule has 1 amide bonds. The van der Waals surface area contributed by atoms with Gasteiger partial charge in [-0.25, -0.2) is 4.79 Å². The molecule has 4 aliphatic carbocycles. The zero-order chi connectivity index (χ0) is 26.6. The van der Waals surface area contributed by atoms with Crippen molar-refractivity contribution in [1.82, 2.24) is 4.90 Å². The Bertz CT molecular complexity index is 1060. The van der Waals surface area contributed by atoms with Gasteiger partial charge in [-0.1, -0.05) is 30.5 Å². The van der Waals surface area contributed by atoms with E-state index in [1.807, 2.05) is 0 Å². The Morgan fingerprint density at radius 1 is 1.19 bits per heavy atom. The number of methoxy groups -OCH3 is 1. The molecule has 3 saturated carbocycles. The van der Waals surface area contributed by atoms with E-state index in [-0.39, 0.29) is 36.3 Å². The Balaban J connectivity index is 1.24. The summed E-state index contributed by atoms with van der Waals surface area (Å²) in [6, 6.07) is -0.787. The highest BCUT2D eigenvalue weighted by atomic mass is 16.6. The molecule has 0 aromatic carbocycles. The van der Waals surface area contributed by atoms with E-state index in [2.05, 4.69) is 31.0 Å². The molecular weight excluding hydrogens is 472 g/mol. The molecule has 0 radical (unpaired) electrons. The molecule has 0 unspecified atom stereocenters. The van der Waals surface area contributed by atoms with Gasteiger partial charge in [0.25, 0.3) is 5.91 Å². The highest BCUT2D eigenvalue weighted by Gasteiger charge is 2.63. The molecule has 1 aliphatic heterocycles. The first kappa shape index (κ1) is 26.2. The lowest BCUT2D eigenvalue weighted by atomic mass is 9.46. The molecule has 37 heavy (non-hydrogen) atoms. The predicted molar refractivity (Wildman–Crippen MR) is 137 cm³/mol. The molecule has 8 atom stereocenters. The van der Waals surface area contributed by atoms with Crippen LogP contribution in [0.2, 0.25) is 0 Å². The lowest BCUT2D eigenvalue weighted by molar-refractivity contribution is -0.152. The van der Waals surface area contributed by atoms with Gasteiger partial charge in [-0.3, -0.25) is 4.79 Å². The monoisotopic (exact) mass is 512 g/mol. The number of allylic oxidation sites excluding steroid dienone is 2. The third kappa shape index (κ3) is 4.10. The van der Waals surface area contributed by atoms with Crippen molar-refractivity contribution in [2.45, 2.75) is 89.4 Å². The lowest BCUT2D eigenvalue weighted by Crippen LogP contribution is -2.54. The van der Waals surface area contributed by atoms with Crippen LogP contribution >= 0.6 is 0 Å². The minimum atomic E-state index is -0.981. The molecule has 0 aromatic heterocycles. The van der Waals surface area contributed by atoms with Crippen LogP contribution in [0.25, 0.3) is 0 Å². The van der Waals surface area contributed by atoms with Gasteiger partial charge >= 0.3 is 5.97 Å². The number of fused-ring (bicyclic) bond motifs is 5. The van der Waals surface area contributed by atoms with Crippen LogP contribution in [0, 0.1) is 40.9 Å². The molecule has 4 fully saturated rings. The summed E-state index contributed by atoms with van der Waals surface area (Å²) in [4.78, 5) is 31.4. The van der Waals surface area contributed by atoms with Crippen molar-refractivity contribution in [2.75, 3.05) is 20.3 Å². The Morgan fingerprint density at radius 2 is 1.95 bits per heavy atom. The number of aliphatic hydroxyl groups excluding tert-OH is 1. The van der Waals surface area contributed by atoms with Gasteiger partial charge in [0.15, 0.2) is 6.61 Å². The smallest absolute Gasteiger partial charge is 0.328 e. The SMILES string of the molecule is C#C[C@@]1(O)CC[C@H]2[C@@H]3CCC4=C/C(=N/OCC(=O)N5C[C@H](O)C[C@@H]5C(=O)OC)CC[C@]4(C)[C@H]3CC[C@@]21C.